The average molecular weight is 1640 g/mol. The van der Waals surface area contributed by atoms with Gasteiger partial charge in [0.25, 0.3) is 59.2 Å². The lowest BCUT2D eigenvalue weighted by Gasteiger charge is -2.25. The highest BCUT2D eigenvalue weighted by molar-refractivity contribution is 7.99. The molecule has 0 heterocycles. The molecular weight excluding hydrogens is 1550 g/mol. The van der Waals surface area contributed by atoms with Gasteiger partial charge in [0.1, 0.15) is 35.8 Å². The van der Waals surface area contributed by atoms with Crippen LogP contribution >= 0.6 is 47.0 Å². The molecular formula is C72H86F26O4S4. The van der Waals surface area contributed by atoms with Crippen molar-refractivity contribution in [3.63, 3.8) is 0 Å². The number of fused-ring (bicyclic) bond motifs is 8. The summed E-state index contributed by atoms with van der Waals surface area (Å²) in [6, 6.07) is 12.8. The minimum atomic E-state index is -5.39. The van der Waals surface area contributed by atoms with Crippen molar-refractivity contribution in [2.75, 3.05) is 46.0 Å². The lowest BCUT2D eigenvalue weighted by atomic mass is 9.87. The quantitative estimate of drug-likeness (QED) is 0.0227. The highest BCUT2D eigenvalue weighted by Crippen LogP contribution is 2.47. The number of hydrogen-bond donors (Lipinski definition) is 4. The number of thioether (sulfide) groups is 4. The van der Waals surface area contributed by atoms with E-state index in [1.54, 1.807) is 48.5 Å². The SMILES string of the molecule is CC(F)(F)CC(F)(F)CC(F)(F)CCSCCCc1cc2c(O)c(c1)Cc1cc(CCCSCCC(F)(F)CC(F)(F)CC(C)(F)F)cc(c1O)Cc1cc(CCCSCCCC(F)(F)CC(F)(F)CC(F)(F)F)cc(c1O)Cc1cc(CCCSCCCC(F)(F)CC(F)(F)CC(F)(F)F)cc(c1O)C2. The maximum atomic E-state index is 14.7. The normalized spacial score (nSPS) is 14.4. The molecule has 106 heavy (non-hydrogen) atoms. The van der Waals surface area contributed by atoms with Gasteiger partial charge in [0.2, 0.25) is 0 Å². The van der Waals surface area contributed by atoms with Crippen LogP contribution in [0.4, 0.5) is 114 Å². The van der Waals surface area contributed by atoms with Gasteiger partial charge in [0.05, 0.1) is 38.5 Å². The van der Waals surface area contributed by atoms with Crippen molar-refractivity contribution in [1.82, 2.24) is 0 Å². The fraction of sp³-hybridized carbons (Fsp3) is 0.667. The number of aryl methyl sites for hydroxylation is 4. The number of halogens is 26. The molecule has 0 saturated heterocycles. The molecule has 0 atom stereocenters. The molecule has 4 N–H and O–H groups in total. The van der Waals surface area contributed by atoms with Gasteiger partial charge in [-0.05, 0) is 191 Å². The van der Waals surface area contributed by atoms with E-state index < -0.39 is 149 Å². The van der Waals surface area contributed by atoms with Crippen molar-refractivity contribution in [3.8, 4) is 23.0 Å². The van der Waals surface area contributed by atoms with Crippen molar-refractivity contribution in [1.29, 1.82) is 0 Å². The Hall–Kier alpha value is -4.34. The topological polar surface area (TPSA) is 80.9 Å². The van der Waals surface area contributed by atoms with Crippen molar-refractivity contribution in [2.45, 2.75) is 252 Å². The summed E-state index contributed by atoms with van der Waals surface area (Å²) in [5.41, 5.74) is 3.75. The molecule has 0 aliphatic heterocycles. The number of hydrogen-bond acceptors (Lipinski definition) is 8. The molecule has 4 nitrogen and oxygen atoms in total. The second-order valence-corrected chi connectivity index (χ2v) is 32.9. The van der Waals surface area contributed by atoms with Crippen LogP contribution in [0.1, 0.15) is 196 Å². The van der Waals surface area contributed by atoms with E-state index in [0.717, 1.165) is 47.0 Å². The minimum Gasteiger partial charge on any atom is -0.507 e. The summed E-state index contributed by atoms with van der Waals surface area (Å²) in [6.45, 7) is 0.374. The fourth-order valence-electron chi connectivity index (χ4n) is 12.6. The standard InChI is InChI=1S/C72H86F26O4S4/c1-61(73,74)37-67(85,86)41-65(81,82)15-23-105-19-5-11-47-29-53-34-51-27-45(9-3-17-103-21-7-13-63(77,78)39-69(89,90)43-71(93,94)95)25-49(57(51)99)33-50-26-46(10-4-18-104-22-8-14-64(79,80)40-70(91,92)44-72(96,97)98)28-52(58(50)100)35-54-30-48(32-56(60(54)102)36-55(31-47)59(53)101)12-6-20-106-24-16-66(83,84)42-68(87,88)38-62(2,75)76/h25-32,99-102H,3-24,33-44H2,1-2H3. The molecule has 0 fully saturated rings. The van der Waals surface area contributed by atoms with Crippen LogP contribution in [-0.2, 0) is 51.4 Å². The first-order chi connectivity index (χ1) is 48.5. The number of phenols is 4. The van der Waals surface area contributed by atoms with Crippen LogP contribution in [0, 0.1) is 0 Å². The van der Waals surface area contributed by atoms with Crippen molar-refractivity contribution in [3.05, 3.63) is 115 Å². The largest absolute Gasteiger partial charge is 0.507 e. The van der Waals surface area contributed by atoms with E-state index >= 15 is 0 Å². The van der Waals surface area contributed by atoms with Crippen LogP contribution in [0.3, 0.4) is 0 Å². The molecule has 1 aliphatic rings. The Labute approximate surface area is 615 Å². The third-order valence-electron chi connectivity index (χ3n) is 16.9. The third kappa shape index (κ3) is 35.3. The summed E-state index contributed by atoms with van der Waals surface area (Å²) in [7, 11) is 0. The summed E-state index contributed by atoms with van der Waals surface area (Å²) >= 11 is 4.24. The number of rotatable bonds is 44. The van der Waals surface area contributed by atoms with Gasteiger partial charge in [-0.3, -0.25) is 0 Å². The molecule has 4 aromatic rings. The van der Waals surface area contributed by atoms with Gasteiger partial charge in [0.15, 0.2) is 0 Å². The number of phenolic OH excluding ortho intramolecular Hbond substituents is 4. The van der Waals surface area contributed by atoms with E-state index in [2.05, 4.69) is 0 Å². The molecule has 0 amide bonds. The van der Waals surface area contributed by atoms with E-state index in [1.165, 1.54) is 0 Å². The monoisotopic (exact) mass is 1640 g/mol. The summed E-state index contributed by atoms with van der Waals surface area (Å²) in [4.78, 5) is 0. The Kier molecular flexibility index (Phi) is 33.3. The number of benzene rings is 4. The number of alkyl halides is 26. The van der Waals surface area contributed by atoms with E-state index in [4.69, 9.17) is 0 Å². The van der Waals surface area contributed by atoms with Gasteiger partial charge in [-0.2, -0.15) is 73.4 Å². The maximum Gasteiger partial charge on any atom is 0.394 e. The van der Waals surface area contributed by atoms with Crippen LogP contribution in [-0.4, -0.2) is 138 Å². The van der Waals surface area contributed by atoms with Crippen molar-refractivity contribution < 1.29 is 135 Å². The third-order valence-corrected chi connectivity index (χ3v) is 21.3. The zero-order valence-electron chi connectivity index (χ0n) is 57.9. The van der Waals surface area contributed by atoms with Crippen LogP contribution in [0.5, 0.6) is 23.0 Å². The minimum absolute atomic E-state index is 0.00129. The van der Waals surface area contributed by atoms with Crippen LogP contribution < -0.4 is 0 Å². The fourth-order valence-corrected chi connectivity index (χ4v) is 16.4. The van der Waals surface area contributed by atoms with E-state index in [-0.39, 0.29) is 204 Å². The van der Waals surface area contributed by atoms with Crippen LogP contribution in [0.15, 0.2) is 48.5 Å². The van der Waals surface area contributed by atoms with Crippen LogP contribution in [0.25, 0.3) is 0 Å². The Bertz CT molecular complexity index is 3210. The highest BCUT2D eigenvalue weighted by Gasteiger charge is 2.52. The summed E-state index contributed by atoms with van der Waals surface area (Å²) < 4.78 is 358. The molecule has 0 saturated carbocycles. The molecule has 0 radical (unpaired) electrons. The molecule has 0 spiro atoms. The maximum absolute atomic E-state index is 14.7. The number of aromatic hydroxyl groups is 4. The summed E-state index contributed by atoms with van der Waals surface area (Å²) in [5, 5.41) is 49.2. The van der Waals surface area contributed by atoms with Crippen LogP contribution in [0.2, 0.25) is 0 Å². The molecule has 604 valence electrons. The van der Waals surface area contributed by atoms with Gasteiger partial charge in [-0.25, -0.2) is 87.8 Å². The van der Waals surface area contributed by atoms with Crippen molar-refractivity contribution >= 4 is 47.0 Å². The highest BCUT2D eigenvalue weighted by atomic mass is 32.2. The molecule has 0 aromatic heterocycles. The van der Waals surface area contributed by atoms with Gasteiger partial charge in [-0.15, -0.1) is 0 Å². The summed E-state index contributed by atoms with van der Waals surface area (Å²) in [6.07, 6.45) is -33.2. The van der Waals surface area contributed by atoms with Gasteiger partial charge >= 0.3 is 12.4 Å². The lowest BCUT2D eigenvalue weighted by molar-refractivity contribution is -0.208. The molecule has 5 rings (SSSR count). The molecule has 34 heteroatoms. The van der Waals surface area contributed by atoms with E-state index in [9.17, 15) is 135 Å². The second-order valence-electron chi connectivity index (χ2n) is 28.0. The predicted molar refractivity (Wildman–Crippen MR) is 364 cm³/mol. The van der Waals surface area contributed by atoms with Gasteiger partial charge in [-0.1, -0.05) is 48.5 Å². The average Bonchev–Trinajstić information content (AvgIpc) is 0.779. The molecule has 0 unspecified atom stereocenters. The van der Waals surface area contributed by atoms with Gasteiger partial charge < -0.3 is 20.4 Å². The Balaban J connectivity index is 1.50. The first-order valence-electron chi connectivity index (χ1n) is 34.0. The lowest BCUT2D eigenvalue weighted by Crippen LogP contribution is -2.34. The van der Waals surface area contributed by atoms with E-state index in [1.807, 2.05) is 0 Å². The molecule has 1 aliphatic carbocycles. The predicted octanol–water partition coefficient (Wildman–Crippen LogP) is 24.8. The Morgan fingerprint density at radius 1 is 0.245 bits per heavy atom. The first-order valence-corrected chi connectivity index (χ1v) is 38.7. The first kappa shape index (κ1) is 92.3. The molecule has 8 bridgehead atoms. The second kappa shape index (κ2) is 38.3. The Morgan fingerprint density at radius 2 is 0.434 bits per heavy atom. The molecule has 4 aromatic carbocycles. The van der Waals surface area contributed by atoms with E-state index in [0.29, 0.717) is 35.1 Å². The zero-order valence-corrected chi connectivity index (χ0v) is 61.2. The van der Waals surface area contributed by atoms with Gasteiger partial charge in [0, 0.05) is 51.4 Å². The van der Waals surface area contributed by atoms with Crippen molar-refractivity contribution in [2.24, 2.45) is 0 Å². The Morgan fingerprint density at radius 3 is 0.642 bits per heavy atom. The smallest absolute Gasteiger partial charge is 0.394 e. The summed E-state index contributed by atoms with van der Waals surface area (Å²) in [5.74, 6) is -43.3. The zero-order chi connectivity index (χ0) is 79.8.